The number of hydrogen-bond donors (Lipinski definition) is 3. The summed E-state index contributed by atoms with van der Waals surface area (Å²) >= 11 is 0. The molecular weight excluding hydrogens is 256 g/mol. The summed E-state index contributed by atoms with van der Waals surface area (Å²) < 4.78 is 1.87. The molecular formula is C11H17ClN4O2. The molecule has 1 amide bonds. The zero-order valence-electron chi connectivity index (χ0n) is 9.98. The fourth-order valence-corrected chi connectivity index (χ4v) is 2.15. The van der Waals surface area contributed by atoms with Gasteiger partial charge in [0.15, 0.2) is 0 Å². The van der Waals surface area contributed by atoms with Crippen LogP contribution >= 0.6 is 12.4 Å². The first-order valence-electron chi connectivity index (χ1n) is 5.93. The van der Waals surface area contributed by atoms with Gasteiger partial charge in [-0.1, -0.05) is 0 Å². The highest BCUT2D eigenvalue weighted by atomic mass is 35.5. The Morgan fingerprint density at radius 3 is 3.06 bits per heavy atom. The zero-order valence-corrected chi connectivity index (χ0v) is 10.8. The van der Waals surface area contributed by atoms with E-state index in [1.54, 1.807) is 6.20 Å². The fourth-order valence-electron chi connectivity index (χ4n) is 2.15. The summed E-state index contributed by atoms with van der Waals surface area (Å²) in [5, 5.41) is 19.5. The van der Waals surface area contributed by atoms with E-state index in [-0.39, 0.29) is 30.5 Å². The van der Waals surface area contributed by atoms with Crippen LogP contribution in [0.1, 0.15) is 28.9 Å². The van der Waals surface area contributed by atoms with Crippen LogP contribution < -0.4 is 10.6 Å². The van der Waals surface area contributed by atoms with Crippen molar-refractivity contribution in [2.45, 2.75) is 31.5 Å². The van der Waals surface area contributed by atoms with Crippen molar-refractivity contribution in [2.75, 3.05) is 13.2 Å². The van der Waals surface area contributed by atoms with Crippen molar-refractivity contribution in [1.82, 2.24) is 20.4 Å². The van der Waals surface area contributed by atoms with Gasteiger partial charge in [0.2, 0.25) is 0 Å². The summed E-state index contributed by atoms with van der Waals surface area (Å²) in [5.41, 5.74) is 1.19. The number of carbonyl (C=O) groups is 1. The Balaban J connectivity index is 0.00000120. The maximum atomic E-state index is 12.1. The lowest BCUT2D eigenvalue weighted by Crippen LogP contribution is -2.40. The van der Waals surface area contributed by atoms with Crippen molar-refractivity contribution in [3.8, 4) is 0 Å². The molecule has 2 heterocycles. The number of aromatic nitrogens is 2. The molecule has 1 saturated carbocycles. The van der Waals surface area contributed by atoms with Gasteiger partial charge >= 0.3 is 0 Å². The molecule has 3 rings (SSSR count). The summed E-state index contributed by atoms with van der Waals surface area (Å²) in [5.74, 6) is -0.124. The number of amides is 1. The number of nitrogens with one attached hydrogen (secondary N) is 2. The summed E-state index contributed by atoms with van der Waals surface area (Å²) in [7, 11) is 0. The van der Waals surface area contributed by atoms with E-state index < -0.39 is 0 Å². The summed E-state index contributed by atoms with van der Waals surface area (Å²) in [6.07, 6.45) is 3.33. The lowest BCUT2D eigenvalue weighted by Gasteiger charge is -2.17. The van der Waals surface area contributed by atoms with Gasteiger partial charge in [0, 0.05) is 13.1 Å². The van der Waals surface area contributed by atoms with Gasteiger partial charge in [-0.25, -0.2) is 0 Å². The van der Waals surface area contributed by atoms with Gasteiger partial charge in [-0.3, -0.25) is 9.48 Å². The SMILES string of the molecule is Cl.O=C(NC1(CO)CC1)c1cnn2c1CNCC2. The van der Waals surface area contributed by atoms with E-state index in [2.05, 4.69) is 15.7 Å². The zero-order chi connectivity index (χ0) is 11.9. The van der Waals surface area contributed by atoms with Crippen molar-refractivity contribution < 1.29 is 9.90 Å². The quantitative estimate of drug-likeness (QED) is 0.704. The monoisotopic (exact) mass is 272 g/mol. The molecule has 0 spiro atoms. The predicted octanol–water partition coefficient (Wildman–Crippen LogP) is -0.337. The molecule has 0 unspecified atom stereocenters. The third-order valence-electron chi connectivity index (χ3n) is 3.52. The highest BCUT2D eigenvalue weighted by molar-refractivity contribution is 5.95. The highest BCUT2D eigenvalue weighted by Crippen LogP contribution is 2.34. The first-order valence-corrected chi connectivity index (χ1v) is 5.93. The molecule has 1 aromatic heterocycles. The van der Waals surface area contributed by atoms with Crippen molar-refractivity contribution in [3.63, 3.8) is 0 Å². The maximum absolute atomic E-state index is 12.1. The van der Waals surface area contributed by atoms with Crippen LogP contribution in [-0.4, -0.2) is 39.5 Å². The molecule has 0 aromatic carbocycles. The number of fused-ring (bicyclic) bond motifs is 1. The van der Waals surface area contributed by atoms with Crippen LogP contribution in [0.4, 0.5) is 0 Å². The molecule has 2 aliphatic rings. The number of hydrogen-bond acceptors (Lipinski definition) is 4. The Labute approximate surface area is 111 Å². The second kappa shape index (κ2) is 4.87. The maximum Gasteiger partial charge on any atom is 0.255 e. The van der Waals surface area contributed by atoms with Crippen LogP contribution in [0.15, 0.2) is 6.20 Å². The molecule has 1 fully saturated rings. The number of nitrogens with zero attached hydrogens (tertiary/aromatic N) is 2. The van der Waals surface area contributed by atoms with E-state index in [1.165, 1.54) is 0 Å². The van der Waals surface area contributed by atoms with Crippen LogP contribution in [-0.2, 0) is 13.1 Å². The van der Waals surface area contributed by atoms with E-state index >= 15 is 0 Å². The minimum Gasteiger partial charge on any atom is -0.394 e. The predicted molar refractivity (Wildman–Crippen MR) is 67.7 cm³/mol. The summed E-state index contributed by atoms with van der Waals surface area (Å²) in [4.78, 5) is 12.1. The Bertz CT molecular complexity index is 456. The van der Waals surface area contributed by atoms with Gasteiger partial charge < -0.3 is 15.7 Å². The lowest BCUT2D eigenvalue weighted by atomic mass is 10.2. The Hall–Kier alpha value is -1.11. The van der Waals surface area contributed by atoms with Gasteiger partial charge in [0.25, 0.3) is 5.91 Å². The van der Waals surface area contributed by atoms with Crippen molar-refractivity contribution in [2.24, 2.45) is 0 Å². The number of aliphatic hydroxyl groups excluding tert-OH is 1. The van der Waals surface area contributed by atoms with Crippen LogP contribution in [0.5, 0.6) is 0 Å². The minimum atomic E-state index is -0.367. The Kier molecular flexibility index (Phi) is 3.61. The molecule has 1 aromatic rings. The summed E-state index contributed by atoms with van der Waals surface area (Å²) in [6, 6.07) is 0. The average molecular weight is 273 g/mol. The minimum absolute atomic E-state index is 0. The first kappa shape index (κ1) is 13.3. The normalized spacial score (nSPS) is 19.6. The average Bonchev–Trinajstić information content (AvgIpc) is 2.99. The van der Waals surface area contributed by atoms with E-state index in [0.29, 0.717) is 12.1 Å². The van der Waals surface area contributed by atoms with E-state index in [4.69, 9.17) is 0 Å². The van der Waals surface area contributed by atoms with Crippen LogP contribution in [0.25, 0.3) is 0 Å². The molecule has 6 nitrogen and oxygen atoms in total. The van der Waals surface area contributed by atoms with Crippen molar-refractivity contribution in [3.05, 3.63) is 17.5 Å². The molecule has 100 valence electrons. The largest absolute Gasteiger partial charge is 0.394 e. The van der Waals surface area contributed by atoms with Gasteiger partial charge in [0.05, 0.1) is 36.1 Å². The number of rotatable bonds is 3. The van der Waals surface area contributed by atoms with E-state index in [0.717, 1.165) is 31.6 Å². The molecule has 0 saturated heterocycles. The van der Waals surface area contributed by atoms with Crippen LogP contribution in [0.2, 0.25) is 0 Å². The first-order chi connectivity index (χ1) is 8.24. The topological polar surface area (TPSA) is 79.2 Å². The third kappa shape index (κ3) is 2.23. The van der Waals surface area contributed by atoms with Crippen LogP contribution in [0.3, 0.4) is 0 Å². The lowest BCUT2D eigenvalue weighted by molar-refractivity contribution is 0.0905. The molecule has 18 heavy (non-hydrogen) atoms. The molecule has 0 atom stereocenters. The Morgan fingerprint density at radius 1 is 1.61 bits per heavy atom. The second-order valence-electron chi connectivity index (χ2n) is 4.80. The van der Waals surface area contributed by atoms with Crippen LogP contribution in [0, 0.1) is 0 Å². The molecule has 7 heteroatoms. The highest BCUT2D eigenvalue weighted by Gasteiger charge is 2.44. The molecule has 0 bridgehead atoms. The van der Waals surface area contributed by atoms with Crippen molar-refractivity contribution in [1.29, 1.82) is 0 Å². The van der Waals surface area contributed by atoms with E-state index in [1.807, 2.05) is 4.68 Å². The smallest absolute Gasteiger partial charge is 0.255 e. The molecule has 1 aliphatic heterocycles. The third-order valence-corrected chi connectivity index (χ3v) is 3.52. The Morgan fingerprint density at radius 2 is 2.39 bits per heavy atom. The van der Waals surface area contributed by atoms with Gasteiger partial charge in [-0.15, -0.1) is 12.4 Å². The molecule has 1 aliphatic carbocycles. The van der Waals surface area contributed by atoms with Gasteiger partial charge in [-0.05, 0) is 12.8 Å². The summed E-state index contributed by atoms with van der Waals surface area (Å²) in [6.45, 7) is 2.37. The standard InChI is InChI=1S/C11H16N4O2.ClH/c16-7-11(1-2-11)14-10(17)8-5-13-15-4-3-12-6-9(8)15;/h5,12,16H,1-4,6-7H2,(H,14,17);1H. The van der Waals surface area contributed by atoms with E-state index in [9.17, 15) is 9.90 Å². The number of halogens is 1. The fraction of sp³-hybridized carbons (Fsp3) is 0.636. The molecule has 3 N–H and O–H groups in total. The molecule has 0 radical (unpaired) electrons. The van der Waals surface area contributed by atoms with Crippen molar-refractivity contribution >= 4 is 18.3 Å². The number of aliphatic hydroxyl groups is 1. The van der Waals surface area contributed by atoms with Gasteiger partial charge in [-0.2, -0.15) is 5.10 Å². The van der Waals surface area contributed by atoms with Gasteiger partial charge in [0.1, 0.15) is 0 Å². The number of carbonyl (C=O) groups excluding carboxylic acids is 1. The second-order valence-corrected chi connectivity index (χ2v) is 4.80.